The maximum atomic E-state index is 14.5. The van der Waals surface area contributed by atoms with Crippen molar-refractivity contribution in [2.45, 2.75) is 58.9 Å². The van der Waals surface area contributed by atoms with Gasteiger partial charge in [-0.3, -0.25) is 14.4 Å². The summed E-state index contributed by atoms with van der Waals surface area (Å²) in [7, 11) is 0. The summed E-state index contributed by atoms with van der Waals surface area (Å²) < 4.78 is 26.6. The molecule has 0 radical (unpaired) electrons. The molecule has 1 aliphatic heterocycles. The highest BCUT2D eigenvalue weighted by atomic mass is 19.1. The molecule has 4 aromatic rings. The highest BCUT2D eigenvalue weighted by Gasteiger charge is 2.51. The molecule has 5 rings (SSSR count). The molecule has 1 fully saturated rings. The molecule has 2 N–H and O–H groups in total. The minimum atomic E-state index is -0.974. The van der Waals surface area contributed by atoms with E-state index in [1.807, 2.05) is 30.3 Å². The molecule has 0 unspecified atom stereocenters. The van der Waals surface area contributed by atoms with Crippen molar-refractivity contribution in [2.75, 3.05) is 6.54 Å². The summed E-state index contributed by atoms with van der Waals surface area (Å²) in [6.07, 6.45) is -0.199. The first-order valence-electron chi connectivity index (χ1n) is 15.2. The van der Waals surface area contributed by atoms with E-state index < -0.39 is 46.8 Å². The summed E-state index contributed by atoms with van der Waals surface area (Å²) in [5.74, 6) is -0.940. The van der Waals surface area contributed by atoms with Crippen LogP contribution >= 0.6 is 0 Å². The van der Waals surface area contributed by atoms with E-state index in [1.54, 1.807) is 56.9 Å². The SMILES string of the molecule is Cc1cc(Oc2ccc(C(=O)NCC(=O)N3[C@H](c4cccc(F)c4)[C@H](OCc4ccccc4)C[C@@H]3C(C)(C)C#N)cc2C)c(=O)[nH]n1. The third-order valence-electron chi connectivity index (χ3n) is 8.30. The molecule has 242 valence electrons. The van der Waals surface area contributed by atoms with Gasteiger partial charge in [-0.25, -0.2) is 9.49 Å². The van der Waals surface area contributed by atoms with Gasteiger partial charge in [-0.2, -0.15) is 10.4 Å². The van der Waals surface area contributed by atoms with Crippen molar-refractivity contribution in [3.05, 3.63) is 123 Å². The number of aromatic nitrogens is 2. The quantitative estimate of drug-likeness (QED) is 0.233. The first kappa shape index (κ1) is 33.0. The fraction of sp³-hybridized carbons (Fsp3) is 0.306. The van der Waals surface area contributed by atoms with Crippen LogP contribution in [0.15, 0.2) is 83.7 Å². The summed E-state index contributed by atoms with van der Waals surface area (Å²) >= 11 is 0. The number of nitrogens with one attached hydrogen (secondary N) is 2. The first-order chi connectivity index (χ1) is 22.5. The molecule has 47 heavy (non-hydrogen) atoms. The van der Waals surface area contributed by atoms with E-state index >= 15 is 0 Å². The van der Waals surface area contributed by atoms with Crippen molar-refractivity contribution < 1.29 is 23.5 Å². The first-order valence-corrected chi connectivity index (χ1v) is 15.2. The zero-order chi connectivity index (χ0) is 33.7. The fourth-order valence-corrected chi connectivity index (χ4v) is 5.81. The molecule has 0 aliphatic carbocycles. The van der Waals surface area contributed by atoms with Crippen molar-refractivity contribution in [1.29, 1.82) is 5.26 Å². The van der Waals surface area contributed by atoms with Gasteiger partial charge in [0.2, 0.25) is 5.91 Å². The maximum absolute atomic E-state index is 14.5. The number of H-pyrrole nitrogens is 1. The van der Waals surface area contributed by atoms with Crippen LogP contribution in [0.2, 0.25) is 0 Å². The number of amides is 2. The predicted octanol–water partition coefficient (Wildman–Crippen LogP) is 5.53. The molecule has 3 aromatic carbocycles. The molecule has 0 spiro atoms. The van der Waals surface area contributed by atoms with Gasteiger partial charge in [-0.05, 0) is 81.1 Å². The Bertz CT molecular complexity index is 1870. The Hall–Kier alpha value is -5.34. The van der Waals surface area contributed by atoms with Crippen LogP contribution in [0.25, 0.3) is 0 Å². The van der Waals surface area contributed by atoms with Crippen molar-refractivity contribution >= 4 is 11.8 Å². The Morgan fingerprint density at radius 2 is 1.83 bits per heavy atom. The Morgan fingerprint density at radius 1 is 1.06 bits per heavy atom. The Kier molecular flexibility index (Phi) is 9.82. The van der Waals surface area contributed by atoms with Crippen LogP contribution in [0.5, 0.6) is 11.5 Å². The Morgan fingerprint density at radius 3 is 2.53 bits per heavy atom. The van der Waals surface area contributed by atoms with Crippen LogP contribution in [0, 0.1) is 36.4 Å². The molecule has 2 amide bonds. The van der Waals surface area contributed by atoms with E-state index in [1.165, 1.54) is 24.3 Å². The molecule has 2 heterocycles. The Labute approximate surface area is 272 Å². The molecule has 1 aliphatic rings. The van der Waals surface area contributed by atoms with Crippen molar-refractivity contribution in [3.8, 4) is 17.6 Å². The van der Waals surface area contributed by atoms with Crippen LogP contribution < -0.4 is 15.6 Å². The minimum Gasteiger partial charge on any atom is -0.451 e. The normalized spacial score (nSPS) is 17.6. The van der Waals surface area contributed by atoms with E-state index in [2.05, 4.69) is 21.6 Å². The zero-order valence-electron chi connectivity index (χ0n) is 26.6. The van der Waals surface area contributed by atoms with E-state index in [9.17, 15) is 24.0 Å². The highest BCUT2D eigenvalue weighted by Crippen LogP contribution is 2.45. The zero-order valence-corrected chi connectivity index (χ0v) is 26.6. The van der Waals surface area contributed by atoms with Gasteiger partial charge in [0.1, 0.15) is 11.6 Å². The maximum Gasteiger partial charge on any atom is 0.307 e. The van der Waals surface area contributed by atoms with Crippen molar-refractivity contribution in [3.63, 3.8) is 0 Å². The number of likely N-dealkylation sites (tertiary alicyclic amines) is 1. The van der Waals surface area contributed by atoms with Gasteiger partial charge in [0.15, 0.2) is 5.75 Å². The van der Waals surface area contributed by atoms with Crippen molar-refractivity contribution in [1.82, 2.24) is 20.4 Å². The number of carbonyl (C=O) groups excluding carboxylic acids is 2. The Balaban J connectivity index is 1.36. The number of rotatable bonds is 10. The largest absolute Gasteiger partial charge is 0.451 e. The minimum absolute atomic E-state index is 0.0720. The van der Waals surface area contributed by atoms with E-state index in [-0.39, 0.29) is 24.5 Å². The van der Waals surface area contributed by atoms with Crippen LogP contribution in [0.3, 0.4) is 0 Å². The number of nitrogens with zero attached hydrogens (tertiary/aromatic N) is 3. The summed E-state index contributed by atoms with van der Waals surface area (Å²) in [6.45, 7) is 6.87. The standard InChI is InChI=1S/C36H36FN5O5/c1-22-15-26(13-14-28(22)47-30-16-23(2)40-41-35(30)45)34(44)39-19-32(43)42-31(36(3,4)21-38)18-29(46-20-24-9-6-5-7-10-24)33(42)25-11-8-12-27(37)17-25/h5-17,29,31,33H,18-20H2,1-4H3,(H,39,44)(H,41,45)/t29-,31-,33-/m1/s1. The third-order valence-corrected chi connectivity index (χ3v) is 8.30. The molecule has 10 nitrogen and oxygen atoms in total. The van der Waals surface area contributed by atoms with Crippen LogP contribution in [-0.4, -0.2) is 45.6 Å². The van der Waals surface area contributed by atoms with Crippen LogP contribution in [0.4, 0.5) is 4.39 Å². The molecular formula is C36H36FN5O5. The summed E-state index contributed by atoms with van der Waals surface area (Å²) in [5, 5.41) is 19.0. The fourth-order valence-electron chi connectivity index (χ4n) is 5.81. The lowest BCUT2D eigenvalue weighted by Crippen LogP contribution is -2.48. The van der Waals surface area contributed by atoms with Gasteiger partial charge in [-0.15, -0.1) is 0 Å². The molecule has 11 heteroatoms. The summed E-state index contributed by atoms with van der Waals surface area (Å²) in [5.41, 5.74) is 1.46. The second-order valence-corrected chi connectivity index (χ2v) is 12.2. The lowest BCUT2D eigenvalue weighted by molar-refractivity contribution is -0.136. The summed E-state index contributed by atoms with van der Waals surface area (Å²) in [4.78, 5) is 40.9. The summed E-state index contributed by atoms with van der Waals surface area (Å²) in [6, 6.07) is 22.9. The molecule has 3 atom stereocenters. The molecule has 0 bridgehead atoms. The van der Waals surface area contributed by atoms with Gasteiger partial charge in [0.25, 0.3) is 5.91 Å². The number of benzene rings is 3. The highest BCUT2D eigenvalue weighted by molar-refractivity contribution is 5.97. The predicted molar refractivity (Wildman–Crippen MR) is 172 cm³/mol. The molecule has 0 saturated carbocycles. The van der Waals surface area contributed by atoms with E-state index in [4.69, 9.17) is 9.47 Å². The number of carbonyl (C=O) groups is 2. The molecule has 1 aromatic heterocycles. The molecule has 1 saturated heterocycles. The van der Waals surface area contributed by atoms with E-state index in [0.29, 0.717) is 29.0 Å². The smallest absolute Gasteiger partial charge is 0.307 e. The number of nitriles is 1. The number of hydrogen-bond acceptors (Lipinski definition) is 7. The number of hydrogen-bond donors (Lipinski definition) is 2. The topological polar surface area (TPSA) is 137 Å². The average molecular weight is 638 g/mol. The number of aromatic amines is 1. The van der Waals surface area contributed by atoms with Crippen molar-refractivity contribution in [2.24, 2.45) is 5.41 Å². The van der Waals surface area contributed by atoms with Gasteiger partial charge < -0.3 is 19.7 Å². The monoisotopic (exact) mass is 637 g/mol. The van der Waals surface area contributed by atoms with Gasteiger partial charge in [0.05, 0.1) is 48.5 Å². The number of aryl methyl sites for hydroxylation is 2. The van der Waals surface area contributed by atoms with Gasteiger partial charge in [-0.1, -0.05) is 42.5 Å². The number of ether oxygens (including phenoxy) is 2. The second-order valence-electron chi connectivity index (χ2n) is 12.2. The third kappa shape index (κ3) is 7.56. The lowest BCUT2D eigenvalue weighted by Gasteiger charge is -2.36. The van der Waals surface area contributed by atoms with Crippen LogP contribution in [0.1, 0.15) is 59.1 Å². The average Bonchev–Trinajstić information content (AvgIpc) is 3.46. The lowest BCUT2D eigenvalue weighted by atomic mass is 9.84. The second kappa shape index (κ2) is 14.0. The number of halogens is 1. The van der Waals surface area contributed by atoms with Gasteiger partial charge in [0, 0.05) is 11.6 Å². The van der Waals surface area contributed by atoms with E-state index in [0.717, 1.165) is 5.56 Å². The molecular weight excluding hydrogens is 601 g/mol. The van der Waals surface area contributed by atoms with Gasteiger partial charge >= 0.3 is 5.56 Å². The van der Waals surface area contributed by atoms with Crippen LogP contribution in [-0.2, 0) is 16.1 Å².